The van der Waals surface area contributed by atoms with Gasteiger partial charge < -0.3 is 25.0 Å². The monoisotopic (exact) mass is 513 g/mol. The molecule has 192 valence electrons. The summed E-state index contributed by atoms with van der Waals surface area (Å²) in [5.41, 5.74) is 1.46. The Morgan fingerprint density at radius 3 is 2.72 bits per heavy atom. The zero-order valence-electron chi connectivity index (χ0n) is 20.7. The van der Waals surface area contributed by atoms with E-state index in [1.807, 2.05) is 19.1 Å². The molecule has 4 rings (SSSR count). The molecule has 1 unspecified atom stereocenters. The van der Waals surface area contributed by atoms with Crippen LogP contribution in [0.5, 0.6) is 5.75 Å². The van der Waals surface area contributed by atoms with Crippen molar-refractivity contribution in [1.29, 1.82) is 0 Å². The fraction of sp³-hybridized carbons (Fsp3) is 0.458. The molecule has 2 N–H and O–H groups in total. The summed E-state index contributed by atoms with van der Waals surface area (Å²) in [6, 6.07) is 7.25. The van der Waals surface area contributed by atoms with E-state index in [0.717, 1.165) is 22.6 Å². The van der Waals surface area contributed by atoms with E-state index in [1.54, 1.807) is 53.9 Å². The Kier molecular flexibility index (Phi) is 8.60. The summed E-state index contributed by atoms with van der Waals surface area (Å²) in [4.78, 5) is 36.3. The highest BCUT2D eigenvalue weighted by Crippen LogP contribution is 2.27. The molecular weight excluding hydrogens is 482 g/mol. The number of hydrogen-bond acceptors (Lipinski definition) is 9. The number of nitrogens with zero attached hydrogens (tertiary/aromatic N) is 5. The van der Waals surface area contributed by atoms with Crippen LogP contribution in [0, 0.1) is 5.92 Å². The molecule has 36 heavy (non-hydrogen) atoms. The molecule has 2 aromatic heterocycles. The molecule has 2 amide bonds. The van der Waals surface area contributed by atoms with Crippen LogP contribution in [0.15, 0.2) is 35.6 Å². The zero-order valence-corrected chi connectivity index (χ0v) is 21.5. The van der Waals surface area contributed by atoms with Crippen molar-refractivity contribution in [3.63, 3.8) is 0 Å². The normalized spacial score (nSPS) is 15.5. The first kappa shape index (κ1) is 25.7. The minimum absolute atomic E-state index is 0.0652. The van der Waals surface area contributed by atoms with Crippen LogP contribution >= 0.6 is 11.8 Å². The Morgan fingerprint density at radius 1 is 1.19 bits per heavy atom. The summed E-state index contributed by atoms with van der Waals surface area (Å²) >= 11 is 1.55. The number of nitrogens with one attached hydrogen (secondary N) is 2. The number of anilines is 2. The Bertz CT molecular complexity index is 1200. The third-order valence-corrected chi connectivity index (χ3v) is 6.58. The largest absolute Gasteiger partial charge is 0.497 e. The molecule has 3 aromatic rings. The minimum atomic E-state index is -0.402. The van der Waals surface area contributed by atoms with Gasteiger partial charge in [-0.2, -0.15) is 5.10 Å². The van der Waals surface area contributed by atoms with Gasteiger partial charge in [-0.25, -0.2) is 14.6 Å². The van der Waals surface area contributed by atoms with Crippen LogP contribution in [0.3, 0.4) is 0 Å². The number of rotatable bonds is 12. The van der Waals surface area contributed by atoms with Gasteiger partial charge >= 0.3 is 0 Å². The molecule has 1 atom stereocenters. The predicted octanol–water partition coefficient (Wildman–Crippen LogP) is 2.17. The van der Waals surface area contributed by atoms with E-state index in [9.17, 15) is 9.59 Å². The molecule has 1 saturated heterocycles. The molecule has 0 bridgehead atoms. The van der Waals surface area contributed by atoms with Gasteiger partial charge in [0.25, 0.3) is 0 Å². The minimum Gasteiger partial charge on any atom is -0.497 e. The van der Waals surface area contributed by atoms with E-state index < -0.39 is 5.92 Å². The van der Waals surface area contributed by atoms with Gasteiger partial charge in [0.15, 0.2) is 10.8 Å². The van der Waals surface area contributed by atoms with E-state index in [4.69, 9.17) is 9.47 Å². The molecule has 1 fully saturated rings. The van der Waals surface area contributed by atoms with E-state index in [1.165, 1.54) is 0 Å². The van der Waals surface area contributed by atoms with Crippen molar-refractivity contribution in [2.75, 3.05) is 56.4 Å². The number of carbonyl (C=O) groups is 2. The Morgan fingerprint density at radius 2 is 2.00 bits per heavy atom. The number of carbonyl (C=O) groups excluding carboxylic acids is 2. The maximum atomic E-state index is 12.8. The molecule has 1 aliphatic heterocycles. The summed E-state index contributed by atoms with van der Waals surface area (Å²) in [5, 5.41) is 12.2. The second kappa shape index (κ2) is 12.0. The molecule has 0 spiro atoms. The lowest BCUT2D eigenvalue weighted by Crippen LogP contribution is -2.35. The summed E-state index contributed by atoms with van der Waals surface area (Å²) in [6.45, 7) is 4.39. The summed E-state index contributed by atoms with van der Waals surface area (Å²) in [5.74, 6) is 1.67. The number of methoxy groups -OCH3 is 2. The standard InChI is InChI=1S/C24H31N7O4S/c1-4-36-24-28-21(25-10-12-34-2)19-14-27-31(22(19)29-24)11-9-26-23(33)16-13-20(32)30(15-16)17-5-7-18(35-3)8-6-17/h5-8,14,16H,4,9-13,15H2,1-3H3,(H,26,33)(H,25,28,29). The molecule has 11 nitrogen and oxygen atoms in total. The fourth-order valence-electron chi connectivity index (χ4n) is 4.02. The van der Waals surface area contributed by atoms with Gasteiger partial charge in [0.2, 0.25) is 11.8 Å². The number of thioether (sulfide) groups is 1. The van der Waals surface area contributed by atoms with E-state index in [0.29, 0.717) is 49.4 Å². The average molecular weight is 514 g/mol. The van der Waals surface area contributed by atoms with Crippen LogP contribution in [0.4, 0.5) is 11.5 Å². The van der Waals surface area contributed by atoms with Gasteiger partial charge in [-0.3, -0.25) is 9.59 Å². The summed E-state index contributed by atoms with van der Waals surface area (Å²) in [7, 11) is 3.25. The number of hydrogen-bond donors (Lipinski definition) is 2. The molecule has 0 aliphatic carbocycles. The number of benzene rings is 1. The van der Waals surface area contributed by atoms with Crippen molar-refractivity contribution in [3.8, 4) is 5.75 Å². The Balaban J connectivity index is 1.37. The van der Waals surface area contributed by atoms with Crippen LogP contribution < -0.4 is 20.3 Å². The van der Waals surface area contributed by atoms with Gasteiger partial charge in [0.05, 0.1) is 37.8 Å². The summed E-state index contributed by atoms with van der Waals surface area (Å²) < 4.78 is 12.1. The first-order valence-electron chi connectivity index (χ1n) is 11.8. The molecule has 0 saturated carbocycles. The lowest BCUT2D eigenvalue weighted by Gasteiger charge is -2.17. The predicted molar refractivity (Wildman–Crippen MR) is 139 cm³/mol. The highest BCUT2D eigenvalue weighted by molar-refractivity contribution is 7.99. The lowest BCUT2D eigenvalue weighted by atomic mass is 10.1. The maximum Gasteiger partial charge on any atom is 0.227 e. The number of fused-ring (bicyclic) bond motifs is 1. The van der Waals surface area contributed by atoms with Gasteiger partial charge in [-0.05, 0) is 30.0 Å². The highest BCUT2D eigenvalue weighted by atomic mass is 32.2. The van der Waals surface area contributed by atoms with Gasteiger partial charge in [-0.1, -0.05) is 18.7 Å². The van der Waals surface area contributed by atoms with Crippen molar-refractivity contribution >= 4 is 46.1 Å². The quantitative estimate of drug-likeness (QED) is 0.213. The van der Waals surface area contributed by atoms with Gasteiger partial charge in [0.1, 0.15) is 11.6 Å². The third-order valence-electron chi connectivity index (χ3n) is 5.85. The number of aromatic nitrogens is 4. The molecule has 1 aromatic carbocycles. The van der Waals surface area contributed by atoms with Crippen LogP contribution in [0.1, 0.15) is 13.3 Å². The van der Waals surface area contributed by atoms with E-state index in [-0.39, 0.29) is 18.2 Å². The SMILES string of the molecule is CCSc1nc(NCCOC)c2cnn(CCNC(=O)C3CC(=O)N(c4ccc(OC)cc4)C3)c2n1. The third kappa shape index (κ3) is 5.88. The zero-order chi connectivity index (χ0) is 25.5. The van der Waals surface area contributed by atoms with Crippen molar-refractivity contribution in [2.24, 2.45) is 5.92 Å². The molecule has 0 radical (unpaired) electrons. The molecule has 1 aliphatic rings. The van der Waals surface area contributed by atoms with Crippen LogP contribution in [-0.2, 0) is 20.9 Å². The molecule has 12 heteroatoms. The molecular formula is C24H31N7O4S. The number of ether oxygens (including phenoxy) is 2. The van der Waals surface area contributed by atoms with Crippen LogP contribution in [0.2, 0.25) is 0 Å². The Hall–Kier alpha value is -3.38. The molecule has 3 heterocycles. The van der Waals surface area contributed by atoms with Gasteiger partial charge in [0, 0.05) is 38.9 Å². The average Bonchev–Trinajstić information content (AvgIpc) is 3.48. The van der Waals surface area contributed by atoms with E-state index in [2.05, 4.69) is 25.7 Å². The fourth-order valence-corrected chi connectivity index (χ4v) is 4.59. The second-order valence-corrected chi connectivity index (χ2v) is 9.44. The van der Waals surface area contributed by atoms with Gasteiger partial charge in [-0.15, -0.1) is 0 Å². The maximum absolute atomic E-state index is 12.8. The van der Waals surface area contributed by atoms with Crippen molar-refractivity contribution in [2.45, 2.75) is 25.0 Å². The second-order valence-electron chi connectivity index (χ2n) is 8.21. The summed E-state index contributed by atoms with van der Waals surface area (Å²) in [6.07, 6.45) is 1.92. The first-order valence-corrected chi connectivity index (χ1v) is 12.8. The van der Waals surface area contributed by atoms with Crippen molar-refractivity contribution in [3.05, 3.63) is 30.5 Å². The highest BCUT2D eigenvalue weighted by Gasteiger charge is 2.35. The van der Waals surface area contributed by atoms with Crippen LogP contribution in [-0.4, -0.2) is 77.8 Å². The lowest BCUT2D eigenvalue weighted by molar-refractivity contribution is -0.126. The van der Waals surface area contributed by atoms with Crippen LogP contribution in [0.25, 0.3) is 11.0 Å². The van der Waals surface area contributed by atoms with Crippen molar-refractivity contribution < 1.29 is 19.1 Å². The smallest absolute Gasteiger partial charge is 0.227 e. The van der Waals surface area contributed by atoms with Crippen molar-refractivity contribution in [1.82, 2.24) is 25.1 Å². The first-order chi connectivity index (χ1) is 17.5. The van der Waals surface area contributed by atoms with E-state index >= 15 is 0 Å². The topological polar surface area (TPSA) is 123 Å². The Labute approximate surface area is 213 Å². The number of amides is 2.